The molecule has 0 aliphatic heterocycles. The van der Waals surface area contributed by atoms with Crippen LogP contribution < -0.4 is 4.90 Å². The zero-order valence-electron chi connectivity index (χ0n) is 11.8. The predicted molar refractivity (Wildman–Crippen MR) is 70.5 cm³/mol. The smallest absolute Gasteiger partial charge is 0.414 e. The molecule has 0 radical (unpaired) electrons. The van der Waals surface area contributed by atoms with Gasteiger partial charge in [0.15, 0.2) is 0 Å². The minimum Gasteiger partial charge on any atom is -0.443 e. The van der Waals surface area contributed by atoms with E-state index in [-0.39, 0.29) is 5.82 Å². The lowest BCUT2D eigenvalue weighted by Gasteiger charge is -2.26. The summed E-state index contributed by atoms with van der Waals surface area (Å²) in [5.41, 5.74) is 1.63. The van der Waals surface area contributed by atoms with Crippen LogP contribution in [0, 0.1) is 19.7 Å². The van der Waals surface area contributed by atoms with Gasteiger partial charge in [-0.2, -0.15) is 0 Å². The fourth-order valence-corrected chi connectivity index (χ4v) is 1.57. The number of aryl methyl sites for hydroxylation is 1. The van der Waals surface area contributed by atoms with Crippen molar-refractivity contribution in [3.05, 3.63) is 29.1 Å². The van der Waals surface area contributed by atoms with Crippen LogP contribution in [0.15, 0.2) is 12.1 Å². The monoisotopic (exact) mass is 253 g/mol. The van der Waals surface area contributed by atoms with Gasteiger partial charge < -0.3 is 4.74 Å². The van der Waals surface area contributed by atoms with Gasteiger partial charge in [0.05, 0.1) is 5.69 Å². The Balaban J connectivity index is 3.04. The quantitative estimate of drug-likeness (QED) is 0.761. The minimum atomic E-state index is -0.568. The summed E-state index contributed by atoms with van der Waals surface area (Å²) in [7, 11) is 1.58. The molecule has 3 nitrogen and oxygen atoms in total. The van der Waals surface area contributed by atoms with Gasteiger partial charge in [-0.15, -0.1) is 0 Å². The van der Waals surface area contributed by atoms with E-state index in [1.165, 1.54) is 17.0 Å². The van der Waals surface area contributed by atoms with E-state index < -0.39 is 11.7 Å². The SMILES string of the molecule is Cc1cc(F)cc(N(C)C(=O)OC(C)(C)C)c1C. The van der Waals surface area contributed by atoms with Gasteiger partial charge in [-0.1, -0.05) is 0 Å². The van der Waals surface area contributed by atoms with Crippen molar-refractivity contribution in [3.63, 3.8) is 0 Å². The number of hydrogen-bond donors (Lipinski definition) is 0. The molecule has 1 aromatic rings. The minimum absolute atomic E-state index is 0.358. The maximum Gasteiger partial charge on any atom is 0.414 e. The van der Waals surface area contributed by atoms with E-state index in [9.17, 15) is 9.18 Å². The Morgan fingerprint density at radius 1 is 1.28 bits per heavy atom. The van der Waals surface area contributed by atoms with Gasteiger partial charge >= 0.3 is 6.09 Å². The Morgan fingerprint density at radius 3 is 2.33 bits per heavy atom. The van der Waals surface area contributed by atoms with Gasteiger partial charge in [0.1, 0.15) is 11.4 Å². The highest BCUT2D eigenvalue weighted by Gasteiger charge is 2.22. The Bertz CT molecular complexity index is 464. The number of carbonyl (C=O) groups is 1. The molecule has 0 N–H and O–H groups in total. The van der Waals surface area contributed by atoms with E-state index in [1.54, 1.807) is 27.8 Å². The third-order valence-corrected chi connectivity index (χ3v) is 2.63. The maximum absolute atomic E-state index is 13.4. The zero-order chi connectivity index (χ0) is 14.1. The Morgan fingerprint density at radius 2 is 1.83 bits per heavy atom. The highest BCUT2D eigenvalue weighted by atomic mass is 19.1. The first kappa shape index (κ1) is 14.5. The molecular weight excluding hydrogens is 233 g/mol. The summed E-state index contributed by atoms with van der Waals surface area (Å²) in [5, 5.41) is 0. The second kappa shape index (κ2) is 4.96. The second-order valence-electron chi connectivity index (χ2n) is 5.41. The summed E-state index contributed by atoms with van der Waals surface area (Å²) in [6, 6.07) is 2.79. The molecule has 0 atom stereocenters. The molecule has 18 heavy (non-hydrogen) atoms. The number of benzene rings is 1. The molecule has 0 fully saturated rings. The zero-order valence-corrected chi connectivity index (χ0v) is 11.8. The fraction of sp³-hybridized carbons (Fsp3) is 0.500. The van der Waals surface area contributed by atoms with Crippen LogP contribution in [-0.4, -0.2) is 18.7 Å². The van der Waals surface area contributed by atoms with Crippen LogP contribution >= 0.6 is 0 Å². The van der Waals surface area contributed by atoms with Gasteiger partial charge in [-0.25, -0.2) is 9.18 Å². The lowest BCUT2D eigenvalue weighted by Crippen LogP contribution is -2.34. The van der Waals surface area contributed by atoms with Crippen LogP contribution in [0.2, 0.25) is 0 Å². The predicted octanol–water partition coefficient (Wildman–Crippen LogP) is 3.81. The molecule has 0 aliphatic rings. The van der Waals surface area contributed by atoms with Gasteiger partial charge in [0, 0.05) is 7.05 Å². The number of halogens is 1. The standard InChI is InChI=1S/C14H20FNO2/c1-9-7-11(15)8-12(10(9)2)16(6)13(17)18-14(3,4)5/h7-8H,1-6H3. The summed E-state index contributed by atoms with van der Waals surface area (Å²) < 4.78 is 18.6. The number of ether oxygens (including phenoxy) is 1. The van der Waals surface area contributed by atoms with Crippen LogP contribution in [0.25, 0.3) is 0 Å². The molecule has 1 aromatic carbocycles. The first-order valence-corrected chi connectivity index (χ1v) is 5.85. The Kier molecular flexibility index (Phi) is 3.99. The molecule has 100 valence electrons. The van der Waals surface area contributed by atoms with Gasteiger partial charge in [-0.05, 0) is 57.9 Å². The van der Waals surface area contributed by atoms with Crippen molar-refractivity contribution in [1.82, 2.24) is 0 Å². The van der Waals surface area contributed by atoms with Crippen LogP contribution in [0.5, 0.6) is 0 Å². The van der Waals surface area contributed by atoms with Crippen molar-refractivity contribution in [2.24, 2.45) is 0 Å². The molecule has 0 saturated heterocycles. The lowest BCUT2D eigenvalue weighted by molar-refractivity contribution is 0.0589. The molecule has 0 aliphatic carbocycles. The van der Waals surface area contributed by atoms with E-state index in [0.717, 1.165) is 11.1 Å². The topological polar surface area (TPSA) is 29.5 Å². The van der Waals surface area contributed by atoms with E-state index in [4.69, 9.17) is 4.74 Å². The van der Waals surface area contributed by atoms with E-state index in [1.807, 2.05) is 13.8 Å². The molecule has 0 saturated carbocycles. The van der Waals surface area contributed by atoms with Gasteiger partial charge in [-0.3, -0.25) is 4.90 Å². The van der Waals surface area contributed by atoms with Gasteiger partial charge in [0.25, 0.3) is 0 Å². The van der Waals surface area contributed by atoms with Crippen molar-refractivity contribution < 1.29 is 13.9 Å². The van der Waals surface area contributed by atoms with E-state index in [2.05, 4.69) is 0 Å². The van der Waals surface area contributed by atoms with Crippen molar-refractivity contribution >= 4 is 11.8 Å². The normalized spacial score (nSPS) is 11.3. The number of nitrogens with zero attached hydrogens (tertiary/aromatic N) is 1. The molecule has 0 aromatic heterocycles. The van der Waals surface area contributed by atoms with Crippen LogP contribution in [0.4, 0.5) is 14.9 Å². The molecule has 4 heteroatoms. The van der Waals surface area contributed by atoms with E-state index >= 15 is 0 Å². The molecule has 0 bridgehead atoms. The van der Waals surface area contributed by atoms with Gasteiger partial charge in [0.2, 0.25) is 0 Å². The molecule has 1 rings (SSSR count). The largest absolute Gasteiger partial charge is 0.443 e. The Hall–Kier alpha value is -1.58. The number of amides is 1. The molecule has 1 amide bonds. The third kappa shape index (κ3) is 3.45. The molecule has 0 heterocycles. The number of anilines is 1. The number of hydrogen-bond acceptors (Lipinski definition) is 2. The van der Waals surface area contributed by atoms with Crippen molar-refractivity contribution in [1.29, 1.82) is 0 Å². The third-order valence-electron chi connectivity index (χ3n) is 2.63. The van der Waals surface area contributed by atoms with Crippen LogP contribution in [0.1, 0.15) is 31.9 Å². The average Bonchev–Trinajstić information content (AvgIpc) is 2.19. The highest BCUT2D eigenvalue weighted by Crippen LogP contribution is 2.25. The molecular formula is C14H20FNO2. The molecule has 0 spiro atoms. The summed E-state index contributed by atoms with van der Waals surface area (Å²) in [6.07, 6.45) is -0.490. The Labute approximate surface area is 108 Å². The summed E-state index contributed by atoms with van der Waals surface area (Å²) in [6.45, 7) is 9.04. The highest BCUT2D eigenvalue weighted by molar-refractivity contribution is 5.88. The maximum atomic E-state index is 13.4. The van der Waals surface area contributed by atoms with Crippen LogP contribution in [-0.2, 0) is 4.74 Å². The summed E-state index contributed by atoms with van der Waals surface area (Å²) in [5.74, 6) is -0.358. The van der Waals surface area contributed by atoms with Crippen molar-refractivity contribution in [3.8, 4) is 0 Å². The fourth-order valence-electron chi connectivity index (χ4n) is 1.57. The second-order valence-corrected chi connectivity index (χ2v) is 5.41. The van der Waals surface area contributed by atoms with E-state index in [0.29, 0.717) is 5.69 Å². The number of rotatable bonds is 1. The lowest BCUT2D eigenvalue weighted by atomic mass is 10.1. The molecule has 0 unspecified atom stereocenters. The van der Waals surface area contributed by atoms with Crippen molar-refractivity contribution in [2.75, 3.05) is 11.9 Å². The summed E-state index contributed by atoms with van der Waals surface area (Å²) >= 11 is 0. The number of carbonyl (C=O) groups excluding carboxylic acids is 1. The average molecular weight is 253 g/mol. The first-order chi connectivity index (χ1) is 8.11. The summed E-state index contributed by atoms with van der Waals surface area (Å²) in [4.78, 5) is 13.2. The van der Waals surface area contributed by atoms with Crippen LogP contribution in [0.3, 0.4) is 0 Å². The van der Waals surface area contributed by atoms with Crippen molar-refractivity contribution in [2.45, 2.75) is 40.2 Å². The first-order valence-electron chi connectivity index (χ1n) is 5.85.